The van der Waals surface area contributed by atoms with E-state index in [9.17, 15) is 19.7 Å². The summed E-state index contributed by atoms with van der Waals surface area (Å²) in [5.41, 5.74) is 7.20. The van der Waals surface area contributed by atoms with Gasteiger partial charge in [-0.05, 0) is 85.1 Å². The van der Waals surface area contributed by atoms with Crippen molar-refractivity contribution in [3.8, 4) is 0 Å². The number of amides is 1. The predicted molar refractivity (Wildman–Crippen MR) is 185 cm³/mol. The molecule has 1 heterocycles. The average molecular weight is 666 g/mol. The first-order chi connectivity index (χ1) is 22.3. The van der Waals surface area contributed by atoms with Crippen LogP contribution in [0.1, 0.15) is 73.1 Å². The zero-order chi connectivity index (χ0) is 33.9. The van der Waals surface area contributed by atoms with E-state index in [0.717, 1.165) is 28.5 Å². The van der Waals surface area contributed by atoms with Crippen LogP contribution in [0.3, 0.4) is 0 Å². The van der Waals surface area contributed by atoms with Crippen LogP contribution in [0.5, 0.6) is 0 Å². The number of thioether (sulfide) groups is 1. The first kappa shape index (κ1) is 35.2. The number of aliphatic imine (C=N–C) groups is 1. The summed E-state index contributed by atoms with van der Waals surface area (Å²) in [6.45, 7) is 11.2. The van der Waals surface area contributed by atoms with Crippen LogP contribution in [-0.4, -0.2) is 59.7 Å². The number of nitrogens with two attached hydrogens (primary N) is 1. The van der Waals surface area contributed by atoms with Crippen molar-refractivity contribution in [3.63, 3.8) is 0 Å². The smallest absolute Gasteiger partial charge is 0.404 e. The number of guanidine groups is 1. The van der Waals surface area contributed by atoms with Crippen LogP contribution in [0.15, 0.2) is 52.4 Å². The van der Waals surface area contributed by atoms with E-state index < -0.39 is 23.7 Å². The molecule has 11 nitrogen and oxygen atoms in total. The molecule has 4 N–H and O–H groups in total. The Labute approximate surface area is 281 Å². The highest BCUT2D eigenvalue weighted by molar-refractivity contribution is 8.00. The van der Waals surface area contributed by atoms with Gasteiger partial charge in [0.15, 0.2) is 5.03 Å². The lowest BCUT2D eigenvalue weighted by atomic mass is 9.43. The summed E-state index contributed by atoms with van der Waals surface area (Å²) in [6.07, 6.45) is 3.62. The van der Waals surface area contributed by atoms with Gasteiger partial charge in [0.1, 0.15) is 5.78 Å². The van der Waals surface area contributed by atoms with Gasteiger partial charge in [-0.3, -0.25) is 9.59 Å². The van der Waals surface area contributed by atoms with Gasteiger partial charge in [0.25, 0.3) is 5.96 Å². The van der Waals surface area contributed by atoms with Crippen molar-refractivity contribution in [3.05, 3.63) is 52.6 Å². The molecule has 0 radical (unpaired) electrons. The zero-order valence-electron chi connectivity index (χ0n) is 28.1. The Kier molecular flexibility index (Phi) is 10.9. The van der Waals surface area contributed by atoms with Gasteiger partial charge in [-0.25, -0.2) is 15.1 Å². The number of ketones is 1. The van der Waals surface area contributed by atoms with E-state index in [1.165, 1.54) is 11.8 Å². The van der Waals surface area contributed by atoms with Gasteiger partial charge in [-0.1, -0.05) is 63.5 Å². The highest BCUT2D eigenvalue weighted by Crippen LogP contribution is 2.65. The molecule has 2 aromatic carbocycles. The summed E-state index contributed by atoms with van der Waals surface area (Å²) in [4.78, 5) is 42.9. The number of Topliss-reactive ketones (excluding diaryl/α,β-unsaturated/α-hetero) is 1. The first-order valence-corrected chi connectivity index (χ1v) is 17.7. The van der Waals surface area contributed by atoms with Crippen molar-refractivity contribution in [2.45, 2.75) is 95.7 Å². The van der Waals surface area contributed by atoms with Crippen LogP contribution in [0.4, 0.5) is 0 Å². The maximum atomic E-state index is 13.9. The molecule has 0 spiro atoms. The van der Waals surface area contributed by atoms with Crippen LogP contribution in [-0.2, 0) is 18.9 Å². The molecule has 254 valence electrons. The molecule has 2 bridgehead atoms. The number of carbonyl (C=O) groups excluding carboxylic acids is 2. The van der Waals surface area contributed by atoms with Gasteiger partial charge in [-0.15, -0.1) is 11.8 Å². The Hall–Kier alpha value is -3.16. The third-order valence-corrected chi connectivity index (χ3v) is 11.6. The molecule has 6 rings (SSSR count). The lowest BCUT2D eigenvalue weighted by Gasteiger charge is -2.64. The van der Waals surface area contributed by atoms with Crippen molar-refractivity contribution >= 4 is 47.3 Å². The maximum Gasteiger partial charge on any atom is 0.481 e. The van der Waals surface area contributed by atoms with Crippen LogP contribution in [0, 0.1) is 39.2 Å². The van der Waals surface area contributed by atoms with E-state index in [-0.39, 0.29) is 59.7 Å². The molecule has 3 saturated carbocycles. The minimum absolute atomic E-state index is 0.00330. The van der Waals surface area contributed by atoms with Crippen molar-refractivity contribution in [2.75, 3.05) is 12.3 Å². The lowest BCUT2D eigenvalue weighted by Crippen LogP contribution is -2.65. The third-order valence-electron chi connectivity index (χ3n) is 10.5. The van der Waals surface area contributed by atoms with E-state index in [1.807, 2.05) is 35.8 Å². The highest BCUT2D eigenvalue weighted by atomic mass is 32.2. The lowest BCUT2D eigenvalue weighted by molar-refractivity contribution is -0.525. The molecule has 1 saturated heterocycles. The number of nitrogens with one attached hydrogen (secondary N) is 2. The number of nitrogens with zero attached hydrogens (tertiary/aromatic N) is 2. The monoisotopic (exact) mass is 665 g/mol. The second-order valence-electron chi connectivity index (χ2n) is 14.6. The van der Waals surface area contributed by atoms with Crippen LogP contribution < -0.4 is 16.5 Å². The molecule has 2 aromatic rings. The fourth-order valence-corrected chi connectivity index (χ4v) is 8.68. The summed E-state index contributed by atoms with van der Waals surface area (Å²) >= 11 is 1.46. The summed E-state index contributed by atoms with van der Waals surface area (Å²) in [6, 6.07) is 14.2. The number of nitro groups is 1. The Morgan fingerprint density at radius 3 is 2.62 bits per heavy atom. The molecule has 13 heteroatoms. The van der Waals surface area contributed by atoms with Crippen molar-refractivity contribution in [2.24, 2.45) is 39.8 Å². The summed E-state index contributed by atoms with van der Waals surface area (Å²) in [7, 11) is -0.566. The Morgan fingerprint density at radius 2 is 1.91 bits per heavy atom. The largest absolute Gasteiger partial charge is 0.481 e. The van der Waals surface area contributed by atoms with Gasteiger partial charge in [0.2, 0.25) is 5.91 Å². The number of rotatable bonds is 15. The Morgan fingerprint density at radius 1 is 1.17 bits per heavy atom. The number of carbonyl (C=O) groups is 2. The zero-order valence-corrected chi connectivity index (χ0v) is 28.9. The van der Waals surface area contributed by atoms with Crippen molar-refractivity contribution in [1.82, 2.24) is 10.7 Å². The van der Waals surface area contributed by atoms with Gasteiger partial charge in [0, 0.05) is 23.8 Å². The molecule has 3 aliphatic carbocycles. The quantitative estimate of drug-likeness (QED) is 0.0443. The summed E-state index contributed by atoms with van der Waals surface area (Å²) in [5.74, 6) is -0.00244. The highest BCUT2D eigenvalue weighted by Gasteiger charge is 2.68. The van der Waals surface area contributed by atoms with E-state index in [2.05, 4.69) is 57.1 Å². The molecule has 47 heavy (non-hydrogen) atoms. The predicted octanol–water partition coefficient (Wildman–Crippen LogP) is 5.18. The fraction of sp³-hybridized carbons (Fsp3) is 0.618. The number of benzene rings is 2. The standard InChI is InChI=1S/C34H48BN5O6S/c1-21(2)15-30(35-45-29-19-25-18-28(33(25,3)4)34(29,5)46-35)38-31(42)24(11-8-14-37-32(36)39-40(43)44)16-26(41)20-47-27-13-12-22-9-6-7-10-23(22)17-27/h6-7,9-10,12-13,17,21,24-25,28-30H,8,11,14-16,18-20H2,1-5H3,(H,38,42)(H3,36,37,39)/t24-,25-,28-,29-,30+,34+/m1/s1. The third kappa shape index (κ3) is 8.12. The van der Waals surface area contributed by atoms with E-state index in [4.69, 9.17) is 15.0 Å². The molecule has 0 unspecified atom stereocenters. The molecular formula is C34H48BN5O6S. The van der Waals surface area contributed by atoms with Gasteiger partial charge < -0.3 is 20.4 Å². The fourth-order valence-electron chi connectivity index (χ4n) is 7.86. The number of hydrazine groups is 1. The van der Waals surface area contributed by atoms with Crippen LogP contribution >= 0.6 is 11.8 Å². The molecular weight excluding hydrogens is 617 g/mol. The van der Waals surface area contributed by atoms with Gasteiger partial charge in [0.05, 0.1) is 23.4 Å². The SMILES string of the molecule is CC(C)C[C@H](NC(=O)[C@H](CCCN=C(N)N[N+](=O)[O-])CC(=O)CSc1ccc2ccccc2c1)B1O[C@@H]2C[C@H]3C[C@H](C3(C)C)[C@]2(C)O1. The first-order valence-electron chi connectivity index (χ1n) is 16.7. The number of fused-ring (bicyclic) bond motifs is 1. The number of hydrogen-bond acceptors (Lipinski definition) is 8. The van der Waals surface area contributed by atoms with E-state index in [1.54, 1.807) is 0 Å². The molecule has 6 atom stereocenters. The second-order valence-corrected chi connectivity index (χ2v) is 15.6. The molecule has 1 aliphatic heterocycles. The molecule has 4 aliphatic rings. The summed E-state index contributed by atoms with van der Waals surface area (Å²) < 4.78 is 13.3. The molecule has 4 fully saturated rings. The van der Waals surface area contributed by atoms with E-state index >= 15 is 0 Å². The van der Waals surface area contributed by atoms with Gasteiger partial charge >= 0.3 is 7.12 Å². The number of hydrogen-bond donors (Lipinski definition) is 3. The molecule has 1 amide bonds. The Bertz CT molecular complexity index is 1510. The van der Waals surface area contributed by atoms with Crippen molar-refractivity contribution < 1.29 is 23.9 Å². The minimum Gasteiger partial charge on any atom is -0.404 e. The maximum absolute atomic E-state index is 13.9. The average Bonchev–Trinajstić information content (AvgIpc) is 3.37. The van der Waals surface area contributed by atoms with Crippen LogP contribution in [0.25, 0.3) is 10.8 Å². The van der Waals surface area contributed by atoms with Crippen molar-refractivity contribution in [1.29, 1.82) is 0 Å². The van der Waals surface area contributed by atoms with E-state index in [0.29, 0.717) is 31.1 Å². The second kappa shape index (κ2) is 14.5. The minimum atomic E-state index is -0.774. The van der Waals surface area contributed by atoms with Crippen LogP contribution in [0.2, 0.25) is 0 Å². The normalized spacial score (nSPS) is 26.0. The van der Waals surface area contributed by atoms with Gasteiger partial charge in [-0.2, -0.15) is 0 Å². The topological polar surface area (TPSA) is 158 Å². The molecule has 0 aromatic heterocycles. The Balaban J connectivity index is 1.25. The summed E-state index contributed by atoms with van der Waals surface area (Å²) in [5, 5.41) is 15.4.